The van der Waals surface area contributed by atoms with Crippen LogP contribution in [0.3, 0.4) is 0 Å². The second kappa shape index (κ2) is 5.54. The summed E-state index contributed by atoms with van der Waals surface area (Å²) in [7, 11) is -2.92. The highest BCUT2D eigenvalue weighted by atomic mass is 32.2. The van der Waals surface area contributed by atoms with Gasteiger partial charge in [0.2, 0.25) is 5.91 Å². The zero-order chi connectivity index (χ0) is 13.2. The van der Waals surface area contributed by atoms with E-state index in [1.807, 2.05) is 0 Å². The summed E-state index contributed by atoms with van der Waals surface area (Å²) in [5, 5.41) is 6.13. The first-order valence-corrected chi connectivity index (χ1v) is 8.22. The van der Waals surface area contributed by atoms with E-state index in [1.165, 1.54) is 0 Å². The predicted molar refractivity (Wildman–Crippen MR) is 69.1 cm³/mol. The van der Waals surface area contributed by atoms with Crippen molar-refractivity contribution in [2.75, 3.05) is 37.7 Å². The van der Waals surface area contributed by atoms with Gasteiger partial charge in [-0.3, -0.25) is 9.69 Å². The molecule has 2 fully saturated rings. The normalized spacial score (nSPS) is 32.3. The molecule has 6 nitrogen and oxygen atoms in total. The zero-order valence-corrected chi connectivity index (χ0v) is 11.5. The summed E-state index contributed by atoms with van der Waals surface area (Å²) in [5.41, 5.74) is 0. The van der Waals surface area contributed by atoms with Crippen molar-refractivity contribution >= 4 is 15.7 Å². The quantitative estimate of drug-likeness (QED) is 0.661. The van der Waals surface area contributed by atoms with Gasteiger partial charge in [0.15, 0.2) is 9.84 Å². The number of hydrogen-bond donors (Lipinski definition) is 2. The van der Waals surface area contributed by atoms with Crippen molar-refractivity contribution in [3.63, 3.8) is 0 Å². The van der Waals surface area contributed by atoms with Crippen LogP contribution in [0.5, 0.6) is 0 Å². The summed E-state index contributed by atoms with van der Waals surface area (Å²) in [5.74, 6) is 0.227. The Morgan fingerprint density at radius 3 is 2.89 bits per heavy atom. The molecule has 104 valence electrons. The van der Waals surface area contributed by atoms with Crippen molar-refractivity contribution in [1.82, 2.24) is 15.5 Å². The Labute approximate surface area is 108 Å². The second-order valence-electron chi connectivity index (χ2n) is 5.26. The topological polar surface area (TPSA) is 78.5 Å². The van der Waals surface area contributed by atoms with Crippen LogP contribution in [0, 0.1) is 0 Å². The first-order chi connectivity index (χ1) is 8.44. The molecule has 2 atom stereocenters. The third kappa shape index (κ3) is 3.93. The van der Waals surface area contributed by atoms with Crippen molar-refractivity contribution in [2.45, 2.75) is 25.4 Å². The van der Waals surface area contributed by atoms with Gasteiger partial charge in [-0.25, -0.2) is 8.42 Å². The van der Waals surface area contributed by atoms with Gasteiger partial charge in [-0.2, -0.15) is 0 Å². The summed E-state index contributed by atoms with van der Waals surface area (Å²) in [6.07, 6.45) is 0.548. The van der Waals surface area contributed by atoms with Crippen molar-refractivity contribution < 1.29 is 13.2 Å². The van der Waals surface area contributed by atoms with Crippen LogP contribution < -0.4 is 10.6 Å². The fourth-order valence-corrected chi connectivity index (χ4v) is 4.21. The van der Waals surface area contributed by atoms with Gasteiger partial charge in [0.05, 0.1) is 18.1 Å². The Hall–Kier alpha value is -0.660. The Morgan fingerprint density at radius 1 is 1.50 bits per heavy atom. The van der Waals surface area contributed by atoms with Crippen LogP contribution >= 0.6 is 0 Å². The third-order valence-electron chi connectivity index (χ3n) is 3.42. The number of carbonyl (C=O) groups is 1. The molecule has 0 spiro atoms. The highest BCUT2D eigenvalue weighted by Gasteiger charge is 2.29. The molecule has 1 amide bonds. The molecule has 2 saturated heterocycles. The van der Waals surface area contributed by atoms with E-state index in [4.69, 9.17) is 0 Å². The third-order valence-corrected chi connectivity index (χ3v) is 5.19. The Balaban J connectivity index is 1.75. The zero-order valence-electron chi connectivity index (χ0n) is 10.7. The van der Waals surface area contributed by atoms with E-state index in [1.54, 1.807) is 0 Å². The van der Waals surface area contributed by atoms with Gasteiger partial charge in [-0.05, 0) is 13.3 Å². The SMILES string of the molecule is C[C@@H]1CN(CC(=O)NC2CCS(=O)(=O)C2)CCN1. The number of nitrogens with one attached hydrogen (secondary N) is 2. The average Bonchev–Trinajstić information content (AvgIpc) is 2.57. The van der Waals surface area contributed by atoms with E-state index in [9.17, 15) is 13.2 Å². The molecular weight excluding hydrogens is 254 g/mol. The van der Waals surface area contributed by atoms with E-state index < -0.39 is 9.84 Å². The molecule has 0 aromatic heterocycles. The standard InChI is InChI=1S/C11H21N3O3S/c1-9-6-14(4-3-12-9)7-11(15)13-10-2-5-18(16,17)8-10/h9-10,12H,2-8H2,1H3,(H,13,15)/t9-,10?/m1/s1. The molecule has 0 bridgehead atoms. The van der Waals surface area contributed by atoms with Crippen LogP contribution in [0.25, 0.3) is 0 Å². The maximum absolute atomic E-state index is 11.8. The maximum atomic E-state index is 11.8. The van der Waals surface area contributed by atoms with Crippen LogP contribution in [0.2, 0.25) is 0 Å². The van der Waals surface area contributed by atoms with E-state index in [0.29, 0.717) is 19.0 Å². The number of hydrogen-bond acceptors (Lipinski definition) is 5. The first kappa shape index (κ1) is 13.8. The molecule has 2 N–H and O–H groups in total. The fraction of sp³-hybridized carbons (Fsp3) is 0.909. The van der Waals surface area contributed by atoms with Gasteiger partial charge in [0.25, 0.3) is 0 Å². The average molecular weight is 275 g/mol. The lowest BCUT2D eigenvalue weighted by Crippen LogP contribution is -2.52. The molecule has 18 heavy (non-hydrogen) atoms. The summed E-state index contributed by atoms with van der Waals surface area (Å²) in [4.78, 5) is 13.9. The number of carbonyl (C=O) groups excluding carboxylic acids is 1. The minimum Gasteiger partial charge on any atom is -0.351 e. The highest BCUT2D eigenvalue weighted by Crippen LogP contribution is 2.11. The van der Waals surface area contributed by atoms with Crippen molar-refractivity contribution in [1.29, 1.82) is 0 Å². The van der Waals surface area contributed by atoms with Gasteiger partial charge in [0.1, 0.15) is 0 Å². The number of sulfone groups is 1. The second-order valence-corrected chi connectivity index (χ2v) is 7.49. The molecule has 0 radical (unpaired) electrons. The lowest BCUT2D eigenvalue weighted by Gasteiger charge is -2.31. The van der Waals surface area contributed by atoms with E-state index in [-0.39, 0.29) is 23.5 Å². The first-order valence-electron chi connectivity index (χ1n) is 6.40. The molecule has 1 unspecified atom stereocenters. The van der Waals surface area contributed by atoms with Crippen LogP contribution in [-0.2, 0) is 14.6 Å². The van der Waals surface area contributed by atoms with Gasteiger partial charge < -0.3 is 10.6 Å². The molecule has 0 aromatic rings. The van der Waals surface area contributed by atoms with E-state index in [2.05, 4.69) is 22.5 Å². The summed E-state index contributed by atoms with van der Waals surface area (Å²) >= 11 is 0. The molecule has 2 aliphatic rings. The number of nitrogens with zero attached hydrogens (tertiary/aromatic N) is 1. The summed E-state index contributed by atoms with van der Waals surface area (Å²) < 4.78 is 22.6. The summed E-state index contributed by atoms with van der Waals surface area (Å²) in [6, 6.07) is 0.209. The Morgan fingerprint density at radius 2 is 2.28 bits per heavy atom. The van der Waals surface area contributed by atoms with Gasteiger partial charge >= 0.3 is 0 Å². The van der Waals surface area contributed by atoms with Crippen LogP contribution in [-0.4, -0.2) is 69.0 Å². The Kier molecular flexibility index (Phi) is 4.24. The van der Waals surface area contributed by atoms with Gasteiger partial charge in [0, 0.05) is 31.7 Å². The molecule has 7 heteroatoms. The van der Waals surface area contributed by atoms with Crippen molar-refractivity contribution in [2.24, 2.45) is 0 Å². The van der Waals surface area contributed by atoms with Crippen LogP contribution in [0.15, 0.2) is 0 Å². The number of piperazine rings is 1. The number of rotatable bonds is 3. The molecule has 2 aliphatic heterocycles. The minimum atomic E-state index is -2.92. The smallest absolute Gasteiger partial charge is 0.234 e. The predicted octanol–water partition coefficient (Wildman–Crippen LogP) is -1.42. The molecule has 2 rings (SSSR count). The van der Waals surface area contributed by atoms with Crippen molar-refractivity contribution in [3.8, 4) is 0 Å². The molecule has 0 saturated carbocycles. The van der Waals surface area contributed by atoms with Crippen LogP contribution in [0.1, 0.15) is 13.3 Å². The van der Waals surface area contributed by atoms with Gasteiger partial charge in [-0.15, -0.1) is 0 Å². The lowest BCUT2D eigenvalue weighted by molar-refractivity contribution is -0.123. The fourth-order valence-electron chi connectivity index (χ4n) is 2.54. The van der Waals surface area contributed by atoms with Gasteiger partial charge in [-0.1, -0.05) is 0 Å². The monoisotopic (exact) mass is 275 g/mol. The van der Waals surface area contributed by atoms with Crippen molar-refractivity contribution in [3.05, 3.63) is 0 Å². The van der Waals surface area contributed by atoms with E-state index >= 15 is 0 Å². The Bertz CT molecular complexity index is 410. The lowest BCUT2D eigenvalue weighted by atomic mass is 10.2. The van der Waals surface area contributed by atoms with Crippen LogP contribution in [0.4, 0.5) is 0 Å². The molecular formula is C11H21N3O3S. The summed E-state index contributed by atoms with van der Waals surface area (Å²) in [6.45, 7) is 5.07. The maximum Gasteiger partial charge on any atom is 0.234 e. The molecule has 2 heterocycles. The number of amides is 1. The largest absolute Gasteiger partial charge is 0.351 e. The molecule has 0 aromatic carbocycles. The minimum absolute atomic E-state index is 0.0637. The van der Waals surface area contributed by atoms with E-state index in [0.717, 1.165) is 19.6 Å². The molecule has 0 aliphatic carbocycles. The highest BCUT2D eigenvalue weighted by molar-refractivity contribution is 7.91.